The summed E-state index contributed by atoms with van der Waals surface area (Å²) in [5.41, 5.74) is 1.42. The summed E-state index contributed by atoms with van der Waals surface area (Å²) < 4.78 is 5.38. The van der Waals surface area contributed by atoms with Crippen LogP contribution in [0.2, 0.25) is 0 Å². The fourth-order valence-electron chi connectivity index (χ4n) is 2.39. The van der Waals surface area contributed by atoms with Crippen LogP contribution in [0, 0.1) is 5.92 Å². The van der Waals surface area contributed by atoms with Crippen LogP contribution >= 0.6 is 0 Å². The minimum absolute atomic E-state index is 0.702. The molecule has 0 atom stereocenters. The molecule has 2 heterocycles. The van der Waals surface area contributed by atoms with Gasteiger partial charge in [-0.15, -0.1) is 0 Å². The highest BCUT2D eigenvalue weighted by Gasteiger charge is 2.19. The Morgan fingerprint density at radius 2 is 1.93 bits per heavy atom. The van der Waals surface area contributed by atoms with Gasteiger partial charge in [-0.05, 0) is 18.8 Å². The Labute approximate surface area is 92.5 Å². The van der Waals surface area contributed by atoms with E-state index in [4.69, 9.17) is 4.74 Å². The lowest BCUT2D eigenvalue weighted by atomic mass is 9.92. The van der Waals surface area contributed by atoms with Crippen molar-refractivity contribution in [2.45, 2.75) is 12.8 Å². The van der Waals surface area contributed by atoms with Crippen molar-refractivity contribution >= 4 is 0 Å². The van der Waals surface area contributed by atoms with Crippen molar-refractivity contribution in [3.05, 3.63) is 12.2 Å². The SMILES string of the molecule is C=C(CN1CCNCC1)C1CCOCC1. The lowest BCUT2D eigenvalue weighted by Gasteiger charge is -2.31. The number of nitrogens with zero attached hydrogens (tertiary/aromatic N) is 1. The average molecular weight is 210 g/mol. The molecule has 3 heteroatoms. The summed E-state index contributed by atoms with van der Waals surface area (Å²) in [5, 5.41) is 3.38. The largest absolute Gasteiger partial charge is 0.381 e. The van der Waals surface area contributed by atoms with E-state index in [1.807, 2.05) is 0 Å². The first-order chi connectivity index (χ1) is 7.36. The third-order valence-corrected chi connectivity index (χ3v) is 3.43. The minimum Gasteiger partial charge on any atom is -0.381 e. The van der Waals surface area contributed by atoms with E-state index in [9.17, 15) is 0 Å². The number of ether oxygens (including phenoxy) is 1. The second-order valence-corrected chi connectivity index (χ2v) is 4.57. The molecule has 1 N–H and O–H groups in total. The highest BCUT2D eigenvalue weighted by atomic mass is 16.5. The van der Waals surface area contributed by atoms with Crippen LogP contribution in [-0.2, 0) is 4.74 Å². The average Bonchev–Trinajstić information content (AvgIpc) is 2.31. The third-order valence-electron chi connectivity index (χ3n) is 3.43. The summed E-state index contributed by atoms with van der Waals surface area (Å²) >= 11 is 0. The van der Waals surface area contributed by atoms with Gasteiger partial charge in [0.1, 0.15) is 0 Å². The van der Waals surface area contributed by atoms with Crippen molar-refractivity contribution in [3.8, 4) is 0 Å². The van der Waals surface area contributed by atoms with E-state index in [0.29, 0.717) is 5.92 Å². The summed E-state index contributed by atoms with van der Waals surface area (Å²) in [6, 6.07) is 0. The summed E-state index contributed by atoms with van der Waals surface area (Å²) in [4.78, 5) is 2.51. The maximum Gasteiger partial charge on any atom is 0.0471 e. The Hall–Kier alpha value is -0.380. The fourth-order valence-corrected chi connectivity index (χ4v) is 2.39. The first-order valence-corrected chi connectivity index (χ1v) is 6.05. The van der Waals surface area contributed by atoms with Gasteiger partial charge in [0.25, 0.3) is 0 Å². The van der Waals surface area contributed by atoms with E-state index in [2.05, 4.69) is 16.8 Å². The van der Waals surface area contributed by atoms with Crippen molar-refractivity contribution in [2.24, 2.45) is 5.92 Å². The molecule has 0 aromatic heterocycles. The monoisotopic (exact) mass is 210 g/mol. The van der Waals surface area contributed by atoms with Crippen LogP contribution in [-0.4, -0.2) is 50.8 Å². The molecule has 0 amide bonds. The molecular formula is C12H22N2O. The molecule has 2 fully saturated rings. The van der Waals surface area contributed by atoms with E-state index in [1.54, 1.807) is 0 Å². The molecule has 2 rings (SSSR count). The normalized spacial score (nSPS) is 25.3. The van der Waals surface area contributed by atoms with E-state index in [0.717, 1.165) is 32.8 Å². The highest BCUT2D eigenvalue weighted by molar-refractivity contribution is 5.04. The van der Waals surface area contributed by atoms with Crippen molar-refractivity contribution in [3.63, 3.8) is 0 Å². The summed E-state index contributed by atoms with van der Waals surface area (Å²) in [7, 11) is 0. The van der Waals surface area contributed by atoms with Gasteiger partial charge in [-0.1, -0.05) is 12.2 Å². The Morgan fingerprint density at radius 1 is 1.27 bits per heavy atom. The van der Waals surface area contributed by atoms with Crippen LogP contribution in [0.25, 0.3) is 0 Å². The highest BCUT2D eigenvalue weighted by Crippen LogP contribution is 2.22. The van der Waals surface area contributed by atoms with Crippen LogP contribution in [0.1, 0.15) is 12.8 Å². The van der Waals surface area contributed by atoms with Crippen LogP contribution in [0.5, 0.6) is 0 Å². The zero-order valence-electron chi connectivity index (χ0n) is 9.50. The maximum absolute atomic E-state index is 5.38. The van der Waals surface area contributed by atoms with E-state index >= 15 is 0 Å². The molecular weight excluding hydrogens is 188 g/mol. The molecule has 2 saturated heterocycles. The molecule has 0 aromatic rings. The van der Waals surface area contributed by atoms with Gasteiger partial charge in [-0.25, -0.2) is 0 Å². The van der Waals surface area contributed by atoms with Crippen molar-refractivity contribution < 1.29 is 4.74 Å². The van der Waals surface area contributed by atoms with Gasteiger partial charge in [-0.3, -0.25) is 4.90 Å². The molecule has 15 heavy (non-hydrogen) atoms. The topological polar surface area (TPSA) is 24.5 Å². The molecule has 0 radical (unpaired) electrons. The smallest absolute Gasteiger partial charge is 0.0471 e. The minimum atomic E-state index is 0.702. The summed E-state index contributed by atoms with van der Waals surface area (Å²) in [6.07, 6.45) is 2.34. The lowest BCUT2D eigenvalue weighted by molar-refractivity contribution is 0.0735. The molecule has 2 aliphatic heterocycles. The molecule has 2 aliphatic rings. The van der Waals surface area contributed by atoms with E-state index in [-0.39, 0.29) is 0 Å². The molecule has 0 spiro atoms. The standard InChI is InChI=1S/C12H22N2O/c1-11(12-2-8-15-9-3-12)10-14-6-4-13-5-7-14/h12-13H,1-10H2. The van der Waals surface area contributed by atoms with Gasteiger partial charge >= 0.3 is 0 Å². The Morgan fingerprint density at radius 3 is 2.60 bits per heavy atom. The van der Waals surface area contributed by atoms with E-state index < -0.39 is 0 Å². The van der Waals surface area contributed by atoms with Crippen molar-refractivity contribution in [1.82, 2.24) is 10.2 Å². The lowest BCUT2D eigenvalue weighted by Crippen LogP contribution is -2.44. The zero-order valence-corrected chi connectivity index (χ0v) is 9.50. The zero-order chi connectivity index (χ0) is 10.5. The Bertz CT molecular complexity index is 206. The predicted molar refractivity (Wildman–Crippen MR) is 62.0 cm³/mol. The molecule has 86 valence electrons. The first-order valence-electron chi connectivity index (χ1n) is 6.05. The van der Waals surface area contributed by atoms with Gasteiger partial charge in [0.05, 0.1) is 0 Å². The number of nitrogens with one attached hydrogen (secondary N) is 1. The third kappa shape index (κ3) is 3.30. The van der Waals surface area contributed by atoms with Gasteiger partial charge in [0.2, 0.25) is 0 Å². The second kappa shape index (κ2) is 5.64. The number of hydrogen-bond acceptors (Lipinski definition) is 3. The number of piperazine rings is 1. The second-order valence-electron chi connectivity index (χ2n) is 4.57. The number of rotatable bonds is 3. The predicted octanol–water partition coefficient (Wildman–Crippen LogP) is 0.874. The number of hydrogen-bond donors (Lipinski definition) is 1. The fraction of sp³-hybridized carbons (Fsp3) is 0.833. The molecule has 3 nitrogen and oxygen atoms in total. The quantitative estimate of drug-likeness (QED) is 0.700. The van der Waals surface area contributed by atoms with Gasteiger partial charge in [0.15, 0.2) is 0 Å². The van der Waals surface area contributed by atoms with Crippen LogP contribution in [0.15, 0.2) is 12.2 Å². The first kappa shape index (κ1) is 11.1. The molecule has 0 aliphatic carbocycles. The van der Waals surface area contributed by atoms with Crippen molar-refractivity contribution in [1.29, 1.82) is 0 Å². The van der Waals surface area contributed by atoms with Gasteiger partial charge in [-0.2, -0.15) is 0 Å². The van der Waals surface area contributed by atoms with Crippen LogP contribution in [0.3, 0.4) is 0 Å². The molecule has 0 unspecified atom stereocenters. The molecule has 0 aromatic carbocycles. The van der Waals surface area contributed by atoms with Crippen LogP contribution < -0.4 is 5.32 Å². The Balaban J connectivity index is 1.74. The molecule has 0 saturated carbocycles. The Kier molecular flexibility index (Phi) is 4.18. The van der Waals surface area contributed by atoms with Gasteiger partial charge < -0.3 is 10.1 Å². The summed E-state index contributed by atoms with van der Waals surface area (Å²) in [6.45, 7) is 11.8. The van der Waals surface area contributed by atoms with Crippen LogP contribution in [0.4, 0.5) is 0 Å². The van der Waals surface area contributed by atoms with Gasteiger partial charge in [0, 0.05) is 45.9 Å². The van der Waals surface area contributed by atoms with E-state index in [1.165, 1.54) is 31.5 Å². The molecule has 0 bridgehead atoms. The van der Waals surface area contributed by atoms with Crippen molar-refractivity contribution in [2.75, 3.05) is 45.9 Å². The maximum atomic E-state index is 5.38. The summed E-state index contributed by atoms with van der Waals surface area (Å²) in [5.74, 6) is 0.702.